The Bertz CT molecular complexity index is 298. The van der Waals surface area contributed by atoms with Crippen LogP contribution in [0.1, 0.15) is 26.6 Å². The van der Waals surface area contributed by atoms with Gasteiger partial charge < -0.3 is 10.1 Å². The Hall–Kier alpha value is -0.940. The van der Waals surface area contributed by atoms with Crippen LogP contribution in [0.5, 0.6) is 0 Å². The van der Waals surface area contributed by atoms with Crippen LogP contribution in [-0.4, -0.2) is 40.6 Å². The van der Waals surface area contributed by atoms with Crippen LogP contribution in [0.2, 0.25) is 0 Å². The van der Waals surface area contributed by atoms with Gasteiger partial charge in [0, 0.05) is 19.0 Å². The highest BCUT2D eigenvalue weighted by Crippen LogP contribution is 2.01. The molecule has 5 heteroatoms. The highest BCUT2D eigenvalue weighted by Gasteiger charge is 2.12. The van der Waals surface area contributed by atoms with Crippen LogP contribution >= 0.6 is 0 Å². The van der Waals surface area contributed by atoms with Crippen molar-refractivity contribution in [2.45, 2.75) is 45.9 Å². The molecule has 1 aromatic heterocycles. The standard InChI is InChI=1S/C11H22N4O/c1-5-15-11(13-8-14-15)6-10(12-4)7-16-9(2)3/h8-10,12H,5-7H2,1-4H3. The quantitative estimate of drug-likeness (QED) is 0.749. The first kappa shape index (κ1) is 13.1. The van der Waals surface area contributed by atoms with Crippen molar-refractivity contribution in [2.75, 3.05) is 13.7 Å². The van der Waals surface area contributed by atoms with Gasteiger partial charge in [0.15, 0.2) is 0 Å². The summed E-state index contributed by atoms with van der Waals surface area (Å²) in [6.07, 6.45) is 2.71. The predicted molar refractivity (Wildman–Crippen MR) is 63.3 cm³/mol. The first-order valence-corrected chi connectivity index (χ1v) is 5.82. The highest BCUT2D eigenvalue weighted by molar-refractivity contribution is 4.89. The van der Waals surface area contributed by atoms with Gasteiger partial charge in [-0.05, 0) is 27.8 Å². The number of aromatic nitrogens is 3. The fraction of sp³-hybridized carbons (Fsp3) is 0.818. The summed E-state index contributed by atoms with van der Waals surface area (Å²) in [5.74, 6) is 1.01. The molecule has 0 aromatic carbocycles. The summed E-state index contributed by atoms with van der Waals surface area (Å²) in [7, 11) is 1.95. The summed E-state index contributed by atoms with van der Waals surface area (Å²) in [6, 6.07) is 0.289. The van der Waals surface area contributed by atoms with Crippen molar-refractivity contribution in [1.29, 1.82) is 0 Å². The van der Waals surface area contributed by atoms with E-state index < -0.39 is 0 Å². The third kappa shape index (κ3) is 3.90. The smallest absolute Gasteiger partial charge is 0.138 e. The monoisotopic (exact) mass is 226 g/mol. The molecule has 0 aliphatic rings. The molecule has 0 aliphatic carbocycles. The molecule has 0 radical (unpaired) electrons. The lowest BCUT2D eigenvalue weighted by molar-refractivity contribution is 0.0622. The van der Waals surface area contributed by atoms with Crippen LogP contribution in [-0.2, 0) is 17.7 Å². The molecule has 92 valence electrons. The maximum absolute atomic E-state index is 5.60. The number of nitrogens with zero attached hydrogens (tertiary/aromatic N) is 3. The van der Waals surface area contributed by atoms with Gasteiger partial charge in [0.25, 0.3) is 0 Å². The number of hydrogen-bond acceptors (Lipinski definition) is 4. The van der Waals surface area contributed by atoms with Gasteiger partial charge >= 0.3 is 0 Å². The van der Waals surface area contributed by atoms with Crippen LogP contribution < -0.4 is 5.32 Å². The molecule has 0 amide bonds. The molecule has 1 unspecified atom stereocenters. The normalized spacial score (nSPS) is 13.3. The van der Waals surface area contributed by atoms with Crippen LogP contribution in [0.25, 0.3) is 0 Å². The lowest BCUT2D eigenvalue weighted by atomic mass is 10.2. The molecule has 0 aliphatic heterocycles. The van der Waals surface area contributed by atoms with Crippen LogP contribution in [0, 0.1) is 0 Å². The van der Waals surface area contributed by atoms with E-state index in [4.69, 9.17) is 4.74 Å². The third-order valence-corrected chi connectivity index (χ3v) is 2.46. The van der Waals surface area contributed by atoms with E-state index in [1.807, 2.05) is 25.6 Å². The lowest BCUT2D eigenvalue weighted by Crippen LogP contribution is -2.34. The molecular weight excluding hydrogens is 204 g/mol. The van der Waals surface area contributed by atoms with E-state index in [0.717, 1.165) is 18.8 Å². The molecule has 1 rings (SSSR count). The van der Waals surface area contributed by atoms with Crippen molar-refractivity contribution in [3.63, 3.8) is 0 Å². The highest BCUT2D eigenvalue weighted by atomic mass is 16.5. The van der Waals surface area contributed by atoms with E-state index in [9.17, 15) is 0 Å². The van der Waals surface area contributed by atoms with Gasteiger partial charge in [-0.3, -0.25) is 4.68 Å². The zero-order valence-corrected chi connectivity index (χ0v) is 10.6. The number of nitrogens with one attached hydrogen (secondary N) is 1. The van der Waals surface area contributed by atoms with E-state index in [0.29, 0.717) is 6.61 Å². The third-order valence-electron chi connectivity index (χ3n) is 2.46. The Morgan fingerprint density at radius 3 is 2.81 bits per heavy atom. The Morgan fingerprint density at radius 2 is 2.25 bits per heavy atom. The Labute approximate surface area is 97.2 Å². The van der Waals surface area contributed by atoms with E-state index in [1.165, 1.54) is 0 Å². The zero-order chi connectivity index (χ0) is 12.0. The molecule has 0 spiro atoms. The summed E-state index contributed by atoms with van der Waals surface area (Å²) in [4.78, 5) is 4.26. The minimum Gasteiger partial charge on any atom is -0.377 e. The van der Waals surface area contributed by atoms with Crippen molar-refractivity contribution in [1.82, 2.24) is 20.1 Å². The van der Waals surface area contributed by atoms with Crippen molar-refractivity contribution >= 4 is 0 Å². The van der Waals surface area contributed by atoms with Gasteiger partial charge in [-0.2, -0.15) is 5.10 Å². The van der Waals surface area contributed by atoms with Gasteiger partial charge in [0.2, 0.25) is 0 Å². The average Bonchev–Trinajstić information content (AvgIpc) is 2.70. The molecule has 16 heavy (non-hydrogen) atoms. The largest absolute Gasteiger partial charge is 0.377 e. The van der Waals surface area contributed by atoms with Crippen molar-refractivity contribution in [3.8, 4) is 0 Å². The predicted octanol–water partition coefficient (Wildman–Crippen LogP) is 0.853. The Kier molecular flexibility index (Phi) is 5.42. The topological polar surface area (TPSA) is 52.0 Å². The SMILES string of the molecule is CCn1ncnc1CC(COC(C)C)NC. The summed E-state index contributed by atoms with van der Waals surface area (Å²) in [6.45, 7) is 7.71. The summed E-state index contributed by atoms with van der Waals surface area (Å²) in [5.41, 5.74) is 0. The minimum absolute atomic E-state index is 0.264. The zero-order valence-electron chi connectivity index (χ0n) is 10.6. The number of aryl methyl sites for hydroxylation is 1. The minimum atomic E-state index is 0.264. The molecule has 1 atom stereocenters. The average molecular weight is 226 g/mol. The van der Waals surface area contributed by atoms with Crippen molar-refractivity contribution < 1.29 is 4.74 Å². The molecule has 0 bridgehead atoms. The van der Waals surface area contributed by atoms with Gasteiger partial charge in [0.05, 0.1) is 12.7 Å². The van der Waals surface area contributed by atoms with Gasteiger partial charge in [-0.15, -0.1) is 0 Å². The molecule has 0 saturated heterocycles. The number of ether oxygens (including phenoxy) is 1. The lowest BCUT2D eigenvalue weighted by Gasteiger charge is -2.17. The van der Waals surface area contributed by atoms with Gasteiger partial charge in [0.1, 0.15) is 12.2 Å². The first-order valence-electron chi connectivity index (χ1n) is 5.82. The number of rotatable bonds is 7. The Morgan fingerprint density at radius 1 is 1.50 bits per heavy atom. The summed E-state index contributed by atoms with van der Waals surface area (Å²) in [5, 5.41) is 7.40. The summed E-state index contributed by atoms with van der Waals surface area (Å²) < 4.78 is 7.51. The van der Waals surface area contributed by atoms with Gasteiger partial charge in [-0.25, -0.2) is 4.98 Å². The molecule has 5 nitrogen and oxygen atoms in total. The maximum atomic E-state index is 5.60. The van der Waals surface area contributed by atoms with E-state index >= 15 is 0 Å². The van der Waals surface area contributed by atoms with Crippen LogP contribution in [0.15, 0.2) is 6.33 Å². The van der Waals surface area contributed by atoms with E-state index in [2.05, 4.69) is 22.3 Å². The van der Waals surface area contributed by atoms with Crippen molar-refractivity contribution in [3.05, 3.63) is 12.2 Å². The first-order chi connectivity index (χ1) is 7.67. The second-order valence-corrected chi connectivity index (χ2v) is 4.06. The second kappa shape index (κ2) is 6.60. The summed E-state index contributed by atoms with van der Waals surface area (Å²) >= 11 is 0. The molecule has 1 N–H and O–H groups in total. The molecular formula is C11H22N4O. The van der Waals surface area contributed by atoms with Crippen LogP contribution in [0.3, 0.4) is 0 Å². The van der Waals surface area contributed by atoms with Crippen LogP contribution in [0.4, 0.5) is 0 Å². The fourth-order valence-electron chi connectivity index (χ4n) is 1.48. The molecule has 0 fully saturated rings. The second-order valence-electron chi connectivity index (χ2n) is 4.06. The van der Waals surface area contributed by atoms with E-state index in [-0.39, 0.29) is 12.1 Å². The fourth-order valence-corrected chi connectivity index (χ4v) is 1.48. The van der Waals surface area contributed by atoms with Crippen molar-refractivity contribution in [2.24, 2.45) is 0 Å². The molecule has 1 aromatic rings. The molecule has 0 saturated carbocycles. The number of likely N-dealkylation sites (N-methyl/N-ethyl adjacent to an activating group) is 1. The maximum Gasteiger partial charge on any atom is 0.138 e. The number of hydrogen-bond donors (Lipinski definition) is 1. The van der Waals surface area contributed by atoms with Gasteiger partial charge in [-0.1, -0.05) is 0 Å². The van der Waals surface area contributed by atoms with E-state index in [1.54, 1.807) is 6.33 Å². The molecule has 1 heterocycles. The Balaban J connectivity index is 2.49.